The molecule has 0 aliphatic carbocycles. The minimum atomic E-state index is -0.471. The van der Waals surface area contributed by atoms with Gasteiger partial charge in [-0.05, 0) is 27.2 Å². The van der Waals surface area contributed by atoms with E-state index in [-0.39, 0.29) is 12.1 Å². The van der Waals surface area contributed by atoms with Gasteiger partial charge in [0.25, 0.3) is 0 Å². The number of alkyl carbamates (subject to hydrolysis) is 1. The van der Waals surface area contributed by atoms with E-state index in [0.717, 1.165) is 6.42 Å². The monoisotopic (exact) mass is 216 g/mol. The van der Waals surface area contributed by atoms with Crippen molar-refractivity contribution in [1.29, 1.82) is 0 Å². The number of nitrogens with one attached hydrogen (secondary N) is 1. The van der Waals surface area contributed by atoms with Gasteiger partial charge in [-0.1, -0.05) is 0 Å². The number of rotatable bonds is 1. The lowest BCUT2D eigenvalue weighted by molar-refractivity contribution is 0.0301. The first-order chi connectivity index (χ1) is 6.87. The number of amides is 1. The Labute approximate surface area is 90.3 Å². The summed E-state index contributed by atoms with van der Waals surface area (Å²) in [6.07, 6.45) is 0.324. The van der Waals surface area contributed by atoms with Crippen LogP contribution in [0.2, 0.25) is 0 Å². The minimum Gasteiger partial charge on any atom is -0.444 e. The standard InChI is InChI=1S/C10H20N2O3/c1-10(2,3)15-9(13)12-8-4-7(11)5-14-6-8/h7-8H,4-6,11H2,1-3H3,(H,12,13). The van der Waals surface area contributed by atoms with Crippen LogP contribution in [0.15, 0.2) is 0 Å². The number of carbonyl (C=O) groups is 1. The molecule has 15 heavy (non-hydrogen) atoms. The summed E-state index contributed by atoms with van der Waals surface area (Å²) < 4.78 is 10.4. The van der Waals surface area contributed by atoms with Gasteiger partial charge in [0, 0.05) is 6.04 Å². The molecule has 1 heterocycles. The van der Waals surface area contributed by atoms with E-state index in [4.69, 9.17) is 15.2 Å². The maximum Gasteiger partial charge on any atom is 0.407 e. The van der Waals surface area contributed by atoms with Gasteiger partial charge in [0.1, 0.15) is 5.60 Å². The summed E-state index contributed by atoms with van der Waals surface area (Å²) in [6.45, 7) is 6.56. The summed E-state index contributed by atoms with van der Waals surface area (Å²) in [6, 6.07) is -0.0395. The Bertz CT molecular complexity index is 225. The molecular weight excluding hydrogens is 196 g/mol. The quantitative estimate of drug-likeness (QED) is 0.674. The van der Waals surface area contributed by atoms with Crippen LogP contribution in [0.4, 0.5) is 4.79 Å². The van der Waals surface area contributed by atoms with E-state index in [1.54, 1.807) is 0 Å². The van der Waals surface area contributed by atoms with Crippen LogP contribution in [0, 0.1) is 0 Å². The molecule has 1 fully saturated rings. The molecule has 88 valence electrons. The molecule has 5 heteroatoms. The molecule has 1 aliphatic heterocycles. The van der Waals surface area contributed by atoms with Crippen LogP contribution in [0.1, 0.15) is 27.2 Å². The van der Waals surface area contributed by atoms with Gasteiger partial charge in [-0.3, -0.25) is 0 Å². The van der Waals surface area contributed by atoms with E-state index in [1.807, 2.05) is 20.8 Å². The van der Waals surface area contributed by atoms with E-state index < -0.39 is 11.7 Å². The highest BCUT2D eigenvalue weighted by Gasteiger charge is 2.24. The average Bonchev–Trinajstić information content (AvgIpc) is 1.99. The van der Waals surface area contributed by atoms with E-state index in [2.05, 4.69) is 5.32 Å². The highest BCUT2D eigenvalue weighted by Crippen LogP contribution is 2.09. The molecular formula is C10H20N2O3. The molecule has 1 rings (SSSR count). The normalized spacial score (nSPS) is 27.2. The van der Waals surface area contributed by atoms with E-state index >= 15 is 0 Å². The second-order valence-electron chi connectivity index (χ2n) is 4.88. The Morgan fingerprint density at radius 3 is 2.67 bits per heavy atom. The van der Waals surface area contributed by atoms with Crippen molar-refractivity contribution >= 4 is 6.09 Å². The van der Waals surface area contributed by atoms with Gasteiger partial charge in [0.15, 0.2) is 0 Å². The van der Waals surface area contributed by atoms with Crippen LogP contribution in [0.5, 0.6) is 0 Å². The van der Waals surface area contributed by atoms with Gasteiger partial charge in [-0.2, -0.15) is 0 Å². The molecule has 1 saturated heterocycles. The van der Waals surface area contributed by atoms with Gasteiger partial charge in [0.05, 0.1) is 19.3 Å². The van der Waals surface area contributed by atoms with Crippen molar-refractivity contribution in [1.82, 2.24) is 5.32 Å². The molecule has 0 aromatic rings. The largest absolute Gasteiger partial charge is 0.444 e. The highest BCUT2D eigenvalue weighted by molar-refractivity contribution is 5.68. The van der Waals surface area contributed by atoms with Gasteiger partial charge >= 0.3 is 6.09 Å². The first-order valence-electron chi connectivity index (χ1n) is 5.19. The third kappa shape index (κ3) is 4.99. The maximum atomic E-state index is 11.4. The second-order valence-corrected chi connectivity index (χ2v) is 4.88. The number of hydrogen-bond acceptors (Lipinski definition) is 4. The van der Waals surface area contributed by atoms with Gasteiger partial charge in [-0.15, -0.1) is 0 Å². The molecule has 0 spiro atoms. The van der Waals surface area contributed by atoms with E-state index in [0.29, 0.717) is 13.2 Å². The van der Waals surface area contributed by atoms with E-state index in [1.165, 1.54) is 0 Å². The molecule has 0 bridgehead atoms. The summed E-state index contributed by atoms with van der Waals surface area (Å²) in [4.78, 5) is 11.4. The fourth-order valence-electron chi connectivity index (χ4n) is 1.44. The Kier molecular flexibility index (Phi) is 3.93. The summed E-state index contributed by atoms with van der Waals surface area (Å²) in [5.74, 6) is 0. The third-order valence-corrected chi connectivity index (χ3v) is 1.96. The molecule has 2 atom stereocenters. The smallest absolute Gasteiger partial charge is 0.407 e. The van der Waals surface area contributed by atoms with Crippen molar-refractivity contribution in [3.05, 3.63) is 0 Å². The third-order valence-electron chi connectivity index (χ3n) is 1.96. The van der Waals surface area contributed by atoms with Gasteiger partial charge in [-0.25, -0.2) is 4.79 Å². The fraction of sp³-hybridized carbons (Fsp3) is 0.900. The summed E-state index contributed by atoms with van der Waals surface area (Å²) in [5.41, 5.74) is 5.24. The van der Waals surface area contributed by atoms with Crippen molar-refractivity contribution in [2.24, 2.45) is 5.73 Å². The molecule has 0 aromatic carbocycles. The molecule has 0 saturated carbocycles. The Morgan fingerprint density at radius 1 is 1.47 bits per heavy atom. The van der Waals surface area contributed by atoms with Crippen molar-refractivity contribution in [3.63, 3.8) is 0 Å². The van der Waals surface area contributed by atoms with Crippen molar-refractivity contribution < 1.29 is 14.3 Å². The van der Waals surface area contributed by atoms with Crippen LogP contribution in [-0.4, -0.2) is 37.0 Å². The average molecular weight is 216 g/mol. The second kappa shape index (κ2) is 4.81. The molecule has 5 nitrogen and oxygen atoms in total. The van der Waals surface area contributed by atoms with Crippen molar-refractivity contribution in [2.45, 2.75) is 44.9 Å². The molecule has 0 radical (unpaired) electrons. The van der Waals surface area contributed by atoms with Crippen LogP contribution in [0.3, 0.4) is 0 Å². The van der Waals surface area contributed by atoms with Crippen molar-refractivity contribution in [2.75, 3.05) is 13.2 Å². The van der Waals surface area contributed by atoms with Gasteiger partial charge < -0.3 is 20.5 Å². The zero-order chi connectivity index (χ0) is 11.5. The Morgan fingerprint density at radius 2 is 2.13 bits per heavy atom. The topological polar surface area (TPSA) is 73.6 Å². The molecule has 0 aromatic heterocycles. The summed E-state index contributed by atoms with van der Waals surface area (Å²) in [7, 11) is 0. The minimum absolute atomic E-state index is 0.00122. The van der Waals surface area contributed by atoms with Gasteiger partial charge in [0.2, 0.25) is 0 Å². The van der Waals surface area contributed by atoms with Crippen LogP contribution >= 0.6 is 0 Å². The maximum absolute atomic E-state index is 11.4. The lowest BCUT2D eigenvalue weighted by atomic mass is 10.1. The number of nitrogens with two attached hydrogens (primary N) is 1. The van der Waals surface area contributed by atoms with Crippen LogP contribution < -0.4 is 11.1 Å². The first-order valence-corrected chi connectivity index (χ1v) is 5.19. The fourth-order valence-corrected chi connectivity index (χ4v) is 1.44. The Hall–Kier alpha value is -0.810. The molecule has 1 amide bonds. The lowest BCUT2D eigenvalue weighted by Crippen LogP contribution is -2.48. The number of hydrogen-bond donors (Lipinski definition) is 2. The number of ether oxygens (including phenoxy) is 2. The predicted molar refractivity (Wildman–Crippen MR) is 56.6 cm³/mol. The number of carbonyl (C=O) groups excluding carboxylic acids is 1. The Balaban J connectivity index is 2.31. The summed E-state index contributed by atoms with van der Waals surface area (Å²) >= 11 is 0. The molecule has 1 aliphatic rings. The van der Waals surface area contributed by atoms with Crippen LogP contribution in [0.25, 0.3) is 0 Å². The van der Waals surface area contributed by atoms with Crippen LogP contribution in [-0.2, 0) is 9.47 Å². The first kappa shape index (κ1) is 12.3. The van der Waals surface area contributed by atoms with Crippen molar-refractivity contribution in [3.8, 4) is 0 Å². The predicted octanol–water partition coefficient (Wildman–Crippen LogP) is 0.627. The molecule has 3 N–H and O–H groups in total. The molecule has 2 unspecified atom stereocenters. The van der Waals surface area contributed by atoms with E-state index in [9.17, 15) is 4.79 Å². The lowest BCUT2D eigenvalue weighted by Gasteiger charge is -2.28. The highest BCUT2D eigenvalue weighted by atomic mass is 16.6. The SMILES string of the molecule is CC(C)(C)OC(=O)NC1COCC(N)C1. The zero-order valence-electron chi connectivity index (χ0n) is 9.58. The summed E-state index contributed by atoms with van der Waals surface area (Å²) in [5, 5.41) is 2.74. The zero-order valence-corrected chi connectivity index (χ0v) is 9.58.